The Morgan fingerprint density at radius 3 is 2.59 bits per heavy atom. The number of hydrogen-bond acceptors (Lipinski definition) is 6. The molecule has 2 aromatic carbocycles. The summed E-state index contributed by atoms with van der Waals surface area (Å²) >= 11 is 1.35. The Balaban J connectivity index is 1.72. The van der Waals surface area contributed by atoms with Crippen molar-refractivity contribution in [3.05, 3.63) is 86.7 Å². The van der Waals surface area contributed by atoms with Crippen LogP contribution in [-0.4, -0.2) is 17.0 Å². The molecule has 1 amide bonds. The Kier molecular flexibility index (Phi) is 5.06. The summed E-state index contributed by atoms with van der Waals surface area (Å²) in [6.45, 7) is 5.96. The minimum Gasteiger partial charge on any atom is -0.491 e. The van der Waals surface area contributed by atoms with Crippen LogP contribution in [0.1, 0.15) is 54.1 Å². The van der Waals surface area contributed by atoms with Crippen molar-refractivity contribution in [1.29, 1.82) is 0 Å². The number of hydrogen-bond donors (Lipinski definition) is 0. The van der Waals surface area contributed by atoms with Crippen molar-refractivity contribution < 1.29 is 13.9 Å². The van der Waals surface area contributed by atoms with E-state index < -0.39 is 6.04 Å². The van der Waals surface area contributed by atoms with Crippen LogP contribution >= 0.6 is 11.3 Å². The molecular formula is C25H22N2O4S. The van der Waals surface area contributed by atoms with Crippen molar-refractivity contribution in [2.75, 3.05) is 4.90 Å². The van der Waals surface area contributed by atoms with Gasteiger partial charge in [-0.3, -0.25) is 14.5 Å². The summed E-state index contributed by atoms with van der Waals surface area (Å²) in [6, 6.07) is 12.4. The van der Waals surface area contributed by atoms with Crippen molar-refractivity contribution in [2.24, 2.45) is 0 Å². The lowest BCUT2D eigenvalue weighted by atomic mass is 9.98. The maximum atomic E-state index is 13.7. The van der Waals surface area contributed by atoms with Gasteiger partial charge < -0.3 is 9.15 Å². The van der Waals surface area contributed by atoms with Crippen LogP contribution in [0.3, 0.4) is 0 Å². The fourth-order valence-corrected chi connectivity index (χ4v) is 4.76. The van der Waals surface area contributed by atoms with Crippen molar-refractivity contribution in [2.45, 2.75) is 39.3 Å². The minimum absolute atomic E-state index is 0.0487. The lowest BCUT2D eigenvalue weighted by molar-refractivity contribution is 0.0971. The van der Waals surface area contributed by atoms with E-state index in [4.69, 9.17) is 9.15 Å². The molecule has 5 rings (SSSR count). The second-order valence-electron chi connectivity index (χ2n) is 7.99. The third-order valence-corrected chi connectivity index (χ3v) is 6.31. The minimum atomic E-state index is -0.623. The molecule has 1 unspecified atom stereocenters. The quantitative estimate of drug-likeness (QED) is 0.413. The number of aromatic nitrogens is 1. The first-order chi connectivity index (χ1) is 15.5. The van der Waals surface area contributed by atoms with E-state index in [1.807, 2.05) is 62.5 Å². The number of thiazole rings is 1. The monoisotopic (exact) mass is 446 g/mol. The molecule has 0 fully saturated rings. The molecule has 6 nitrogen and oxygen atoms in total. The summed E-state index contributed by atoms with van der Waals surface area (Å²) in [5.74, 6) is 0.447. The highest BCUT2D eigenvalue weighted by atomic mass is 32.1. The van der Waals surface area contributed by atoms with Gasteiger partial charge >= 0.3 is 0 Å². The van der Waals surface area contributed by atoms with E-state index in [-0.39, 0.29) is 23.2 Å². The molecule has 0 N–H and O–H groups in total. The molecule has 1 aliphatic heterocycles. The van der Waals surface area contributed by atoms with Gasteiger partial charge in [0.05, 0.1) is 23.1 Å². The molecule has 1 atom stereocenters. The van der Waals surface area contributed by atoms with Gasteiger partial charge in [-0.2, -0.15) is 0 Å². The van der Waals surface area contributed by atoms with Crippen LogP contribution in [0.5, 0.6) is 5.75 Å². The summed E-state index contributed by atoms with van der Waals surface area (Å²) in [4.78, 5) is 33.0. The van der Waals surface area contributed by atoms with Gasteiger partial charge in [0.1, 0.15) is 11.3 Å². The number of ether oxygens (including phenoxy) is 1. The Morgan fingerprint density at radius 2 is 1.94 bits per heavy atom. The molecule has 162 valence electrons. The van der Waals surface area contributed by atoms with E-state index in [1.165, 1.54) is 11.3 Å². The fraction of sp³-hybridized carbons (Fsp3) is 0.240. The van der Waals surface area contributed by atoms with Crippen molar-refractivity contribution >= 4 is 33.3 Å². The van der Waals surface area contributed by atoms with Crippen LogP contribution in [0.25, 0.3) is 11.0 Å². The van der Waals surface area contributed by atoms with Gasteiger partial charge in [0.15, 0.2) is 10.6 Å². The molecule has 7 heteroatoms. The summed E-state index contributed by atoms with van der Waals surface area (Å²) in [6.07, 6.45) is 2.50. The SMILES string of the molecule is CCc1ccc2oc3c(c(=O)c2c1)C(c1ccc(OC(C)C)cc1)N(c1nccs1)C3=O. The number of benzene rings is 2. The van der Waals surface area contributed by atoms with Crippen LogP contribution in [0.2, 0.25) is 0 Å². The first kappa shape index (κ1) is 20.5. The molecule has 0 saturated heterocycles. The Morgan fingerprint density at radius 1 is 1.16 bits per heavy atom. The lowest BCUT2D eigenvalue weighted by Crippen LogP contribution is -2.29. The largest absolute Gasteiger partial charge is 0.491 e. The number of rotatable bonds is 5. The topological polar surface area (TPSA) is 72.6 Å². The molecule has 0 spiro atoms. The average molecular weight is 447 g/mol. The van der Waals surface area contributed by atoms with Gasteiger partial charge in [-0.25, -0.2) is 4.98 Å². The average Bonchev–Trinajstić information content (AvgIpc) is 3.41. The molecule has 0 aliphatic carbocycles. The van der Waals surface area contributed by atoms with E-state index in [0.29, 0.717) is 21.7 Å². The summed E-state index contributed by atoms with van der Waals surface area (Å²) in [5.41, 5.74) is 2.42. The highest BCUT2D eigenvalue weighted by molar-refractivity contribution is 7.13. The van der Waals surface area contributed by atoms with Gasteiger partial charge in [-0.15, -0.1) is 11.3 Å². The van der Waals surface area contributed by atoms with E-state index in [9.17, 15) is 9.59 Å². The molecular weight excluding hydrogens is 424 g/mol. The Bertz CT molecular complexity index is 1360. The van der Waals surface area contributed by atoms with E-state index in [1.54, 1.807) is 17.2 Å². The number of carbonyl (C=O) groups is 1. The normalized spacial score (nSPS) is 15.6. The summed E-state index contributed by atoms with van der Waals surface area (Å²) < 4.78 is 11.8. The van der Waals surface area contributed by atoms with Crippen LogP contribution in [0.15, 0.2) is 63.3 Å². The Hall–Kier alpha value is -3.45. The summed E-state index contributed by atoms with van der Waals surface area (Å²) in [7, 11) is 0. The first-order valence-electron chi connectivity index (χ1n) is 10.6. The number of aryl methyl sites for hydroxylation is 1. The van der Waals surface area contributed by atoms with E-state index in [2.05, 4.69) is 4.98 Å². The third kappa shape index (κ3) is 3.29. The number of fused-ring (bicyclic) bond motifs is 2. The fourth-order valence-electron chi connectivity index (χ4n) is 4.09. The maximum absolute atomic E-state index is 13.7. The highest BCUT2D eigenvalue weighted by Gasteiger charge is 2.44. The van der Waals surface area contributed by atoms with Crippen LogP contribution in [-0.2, 0) is 6.42 Å². The zero-order valence-corrected chi connectivity index (χ0v) is 18.8. The van der Waals surface area contributed by atoms with E-state index >= 15 is 0 Å². The predicted molar refractivity (Wildman–Crippen MR) is 125 cm³/mol. The van der Waals surface area contributed by atoms with Crippen molar-refractivity contribution in [1.82, 2.24) is 4.98 Å². The second-order valence-corrected chi connectivity index (χ2v) is 8.86. The van der Waals surface area contributed by atoms with Gasteiger partial charge in [-0.1, -0.05) is 25.1 Å². The van der Waals surface area contributed by atoms with Gasteiger partial charge in [0, 0.05) is 11.6 Å². The van der Waals surface area contributed by atoms with Gasteiger partial charge in [0.2, 0.25) is 5.76 Å². The zero-order valence-electron chi connectivity index (χ0n) is 18.0. The smallest absolute Gasteiger partial charge is 0.297 e. The predicted octanol–water partition coefficient (Wildman–Crippen LogP) is 5.35. The third-order valence-electron chi connectivity index (χ3n) is 5.54. The molecule has 0 radical (unpaired) electrons. The van der Waals surface area contributed by atoms with Gasteiger partial charge in [0.25, 0.3) is 5.91 Å². The lowest BCUT2D eigenvalue weighted by Gasteiger charge is -2.22. The van der Waals surface area contributed by atoms with E-state index in [0.717, 1.165) is 23.3 Å². The first-order valence-corrected chi connectivity index (χ1v) is 11.4. The molecule has 1 aliphatic rings. The Labute approximate surface area is 189 Å². The molecule has 0 bridgehead atoms. The van der Waals surface area contributed by atoms with Crippen LogP contribution < -0.4 is 15.1 Å². The highest BCUT2D eigenvalue weighted by Crippen LogP contribution is 2.42. The number of anilines is 1. The van der Waals surface area contributed by atoms with Crippen molar-refractivity contribution in [3.63, 3.8) is 0 Å². The number of nitrogens with zero attached hydrogens (tertiary/aromatic N) is 2. The number of amides is 1. The van der Waals surface area contributed by atoms with Gasteiger partial charge in [-0.05, 0) is 55.7 Å². The second kappa shape index (κ2) is 7.91. The molecule has 2 aromatic heterocycles. The molecule has 0 saturated carbocycles. The molecule has 3 heterocycles. The van der Waals surface area contributed by atoms with Crippen molar-refractivity contribution in [3.8, 4) is 5.75 Å². The standard InChI is InChI=1S/C25H22N2O4S/c1-4-15-5-10-19-18(13-15)22(28)20-21(16-6-8-17(9-7-16)30-14(2)3)27(24(29)23(20)31-19)25-26-11-12-32-25/h5-14,21H,4H2,1-3H3. The van der Waals surface area contributed by atoms with Crippen LogP contribution in [0.4, 0.5) is 5.13 Å². The van der Waals surface area contributed by atoms with Crippen LogP contribution in [0, 0.1) is 0 Å². The molecule has 32 heavy (non-hydrogen) atoms. The molecule has 4 aromatic rings. The number of carbonyl (C=O) groups excluding carboxylic acids is 1. The summed E-state index contributed by atoms with van der Waals surface area (Å²) in [5, 5.41) is 2.81. The zero-order chi connectivity index (χ0) is 22.4. The maximum Gasteiger partial charge on any atom is 0.297 e.